The monoisotopic (exact) mass is 406 g/mol. The Bertz CT molecular complexity index is 1100. The van der Waals surface area contributed by atoms with Crippen molar-refractivity contribution in [1.82, 2.24) is 15.8 Å². The van der Waals surface area contributed by atoms with Gasteiger partial charge in [-0.3, -0.25) is 20.4 Å². The number of anilines is 1. The zero-order chi connectivity index (χ0) is 20.3. The third-order valence-electron chi connectivity index (χ3n) is 3.79. The predicted octanol–water partition coefficient (Wildman–Crippen LogP) is 3.18. The van der Waals surface area contributed by atoms with Crippen molar-refractivity contribution >= 4 is 39.8 Å². The van der Waals surface area contributed by atoms with Gasteiger partial charge in [-0.1, -0.05) is 24.3 Å². The number of aromatic nitrogens is 1. The number of H-pyrrole nitrogens is 1. The molecule has 4 N–H and O–H groups in total. The van der Waals surface area contributed by atoms with Crippen LogP contribution < -0.4 is 21.6 Å². The molecule has 0 spiro atoms. The number of nitrogens with one attached hydrogen (secondary N) is 4. The second kappa shape index (κ2) is 7.69. The molecule has 0 saturated heterocycles. The van der Waals surface area contributed by atoms with Crippen molar-refractivity contribution in [3.63, 3.8) is 0 Å². The fraction of sp³-hybridized carbons (Fsp3) is 0.0556. The van der Waals surface area contributed by atoms with Gasteiger partial charge in [0.05, 0.1) is 11.1 Å². The molecule has 144 valence electrons. The third-order valence-corrected chi connectivity index (χ3v) is 3.99. The minimum absolute atomic E-state index is 0.0659. The Balaban J connectivity index is 1.78. The fourth-order valence-electron chi connectivity index (χ4n) is 2.52. The molecule has 0 aliphatic carbocycles. The molecule has 0 radical (unpaired) electrons. The molecule has 10 heteroatoms. The summed E-state index contributed by atoms with van der Waals surface area (Å²) in [6.45, 7) is 0. The van der Waals surface area contributed by atoms with Gasteiger partial charge in [-0.2, -0.15) is 13.2 Å². The van der Waals surface area contributed by atoms with Crippen LogP contribution in [0.4, 0.5) is 18.9 Å². The van der Waals surface area contributed by atoms with E-state index in [1.54, 1.807) is 24.3 Å². The first-order chi connectivity index (χ1) is 13.3. The minimum Gasteiger partial charge on any atom is -0.360 e. The molecule has 0 bridgehead atoms. The maximum atomic E-state index is 13.1. The van der Waals surface area contributed by atoms with Crippen molar-refractivity contribution in [3.8, 4) is 0 Å². The molecule has 0 atom stereocenters. The number of hydrogen-bond donors (Lipinski definition) is 4. The van der Waals surface area contributed by atoms with Crippen molar-refractivity contribution in [2.24, 2.45) is 0 Å². The van der Waals surface area contributed by atoms with Crippen LogP contribution in [0.2, 0.25) is 0 Å². The van der Waals surface area contributed by atoms with Crippen LogP contribution in [0.3, 0.4) is 0 Å². The first-order valence-electron chi connectivity index (χ1n) is 7.91. The van der Waals surface area contributed by atoms with Gasteiger partial charge >= 0.3 is 6.18 Å². The van der Waals surface area contributed by atoms with Gasteiger partial charge in [-0.25, -0.2) is 0 Å². The molecule has 2 aromatic carbocycles. The number of para-hydroxylation sites is 2. The second-order valence-corrected chi connectivity index (χ2v) is 6.06. The number of benzene rings is 2. The lowest BCUT2D eigenvalue weighted by molar-refractivity contribution is -0.136. The first kappa shape index (κ1) is 19.4. The number of aromatic amines is 1. The topological polar surface area (TPSA) is 86.0 Å². The van der Waals surface area contributed by atoms with Gasteiger partial charge in [0.2, 0.25) is 5.43 Å². The van der Waals surface area contributed by atoms with Gasteiger partial charge in [0.1, 0.15) is 5.56 Å². The van der Waals surface area contributed by atoms with E-state index >= 15 is 0 Å². The Morgan fingerprint density at radius 2 is 1.71 bits per heavy atom. The number of hydrogen-bond acceptors (Lipinski definition) is 3. The molecule has 1 amide bonds. The number of carbonyl (C=O) groups is 1. The van der Waals surface area contributed by atoms with Crippen LogP contribution >= 0.6 is 12.2 Å². The molecule has 1 heterocycles. The molecule has 0 saturated carbocycles. The molecular formula is C18H13F3N4O2S. The number of pyridine rings is 1. The highest BCUT2D eigenvalue weighted by Gasteiger charge is 2.33. The summed E-state index contributed by atoms with van der Waals surface area (Å²) in [5.74, 6) is -0.849. The second-order valence-electron chi connectivity index (χ2n) is 5.66. The molecule has 1 aromatic heterocycles. The summed E-state index contributed by atoms with van der Waals surface area (Å²) in [6.07, 6.45) is -3.70. The van der Waals surface area contributed by atoms with Crippen LogP contribution in [-0.4, -0.2) is 16.0 Å². The number of alkyl halides is 3. The molecule has 3 aromatic rings. The van der Waals surface area contributed by atoms with Crippen molar-refractivity contribution in [1.29, 1.82) is 0 Å². The summed E-state index contributed by atoms with van der Waals surface area (Å²) in [5.41, 5.74) is 2.78. The van der Waals surface area contributed by atoms with Crippen molar-refractivity contribution in [2.45, 2.75) is 6.18 Å². The van der Waals surface area contributed by atoms with Crippen LogP contribution in [0.5, 0.6) is 0 Å². The summed E-state index contributed by atoms with van der Waals surface area (Å²) < 4.78 is 39.2. The van der Waals surface area contributed by atoms with Crippen molar-refractivity contribution < 1.29 is 18.0 Å². The predicted molar refractivity (Wildman–Crippen MR) is 103 cm³/mol. The molecule has 0 unspecified atom stereocenters. The lowest BCUT2D eigenvalue weighted by atomic mass is 10.1. The van der Waals surface area contributed by atoms with E-state index in [1.165, 1.54) is 6.07 Å². The van der Waals surface area contributed by atoms with Gasteiger partial charge in [0.25, 0.3) is 5.91 Å². The molecule has 28 heavy (non-hydrogen) atoms. The van der Waals surface area contributed by atoms with Crippen LogP contribution in [0, 0.1) is 0 Å². The van der Waals surface area contributed by atoms with Gasteiger partial charge in [0, 0.05) is 17.3 Å². The Kier molecular flexibility index (Phi) is 5.32. The molecule has 6 nitrogen and oxygen atoms in total. The van der Waals surface area contributed by atoms with Crippen LogP contribution in [0.15, 0.2) is 59.5 Å². The van der Waals surface area contributed by atoms with E-state index in [1.807, 2.05) is 6.07 Å². The zero-order valence-corrected chi connectivity index (χ0v) is 14.9. The minimum atomic E-state index is -4.64. The number of hydrazine groups is 1. The molecule has 0 fully saturated rings. The van der Waals surface area contributed by atoms with E-state index < -0.39 is 23.1 Å². The van der Waals surface area contributed by atoms with Gasteiger partial charge in [0.15, 0.2) is 5.11 Å². The summed E-state index contributed by atoms with van der Waals surface area (Å²) >= 11 is 5.02. The van der Waals surface area contributed by atoms with E-state index in [0.29, 0.717) is 5.69 Å². The van der Waals surface area contributed by atoms with Crippen LogP contribution in [0.25, 0.3) is 10.9 Å². The van der Waals surface area contributed by atoms with Gasteiger partial charge < -0.3 is 10.3 Å². The molecule has 0 aliphatic rings. The third kappa shape index (κ3) is 4.12. The van der Waals surface area contributed by atoms with Crippen molar-refractivity contribution in [3.05, 3.63) is 76.1 Å². The SMILES string of the molecule is O=C(NNC(=S)Nc1ccccc1)c1c[nH]c2c(C(F)(F)F)cccc2c1=O. The van der Waals surface area contributed by atoms with Crippen LogP contribution in [-0.2, 0) is 6.18 Å². The average Bonchev–Trinajstić information content (AvgIpc) is 2.66. The fourth-order valence-corrected chi connectivity index (χ4v) is 2.69. The maximum Gasteiger partial charge on any atom is 0.418 e. The lowest BCUT2D eigenvalue weighted by Crippen LogP contribution is -2.45. The van der Waals surface area contributed by atoms with E-state index in [-0.39, 0.29) is 21.6 Å². The highest BCUT2D eigenvalue weighted by molar-refractivity contribution is 7.80. The molecular weight excluding hydrogens is 393 g/mol. The van der Waals surface area contributed by atoms with E-state index in [2.05, 4.69) is 21.2 Å². The van der Waals surface area contributed by atoms with Crippen molar-refractivity contribution in [2.75, 3.05) is 5.32 Å². The largest absolute Gasteiger partial charge is 0.418 e. The Morgan fingerprint density at radius 1 is 1.00 bits per heavy atom. The normalized spacial score (nSPS) is 11.1. The number of rotatable bonds is 2. The lowest BCUT2D eigenvalue weighted by Gasteiger charge is -2.12. The number of amides is 1. The Morgan fingerprint density at radius 3 is 2.39 bits per heavy atom. The summed E-state index contributed by atoms with van der Waals surface area (Å²) in [4.78, 5) is 27.1. The number of halogens is 3. The van der Waals surface area contributed by atoms with E-state index in [9.17, 15) is 22.8 Å². The Hall–Kier alpha value is -3.40. The number of carbonyl (C=O) groups excluding carboxylic acids is 1. The number of thiocarbonyl (C=S) groups is 1. The van der Waals surface area contributed by atoms with Crippen LogP contribution in [0.1, 0.15) is 15.9 Å². The van der Waals surface area contributed by atoms with Gasteiger partial charge in [-0.05, 0) is 36.5 Å². The van der Waals surface area contributed by atoms with E-state index in [0.717, 1.165) is 18.3 Å². The summed E-state index contributed by atoms with van der Waals surface area (Å²) in [7, 11) is 0. The maximum absolute atomic E-state index is 13.1. The quantitative estimate of drug-likeness (QED) is 0.388. The number of fused-ring (bicyclic) bond motifs is 1. The zero-order valence-electron chi connectivity index (χ0n) is 14.1. The standard InChI is InChI=1S/C18H13F3N4O2S/c19-18(20,21)13-8-4-7-11-14(13)22-9-12(15(11)26)16(27)24-25-17(28)23-10-5-2-1-3-6-10/h1-9H,(H,22,26)(H,24,27)(H2,23,25,28). The molecule has 3 rings (SSSR count). The smallest absolute Gasteiger partial charge is 0.360 e. The summed E-state index contributed by atoms with van der Waals surface area (Å²) in [6, 6.07) is 12.1. The van der Waals surface area contributed by atoms with E-state index in [4.69, 9.17) is 12.2 Å². The first-order valence-corrected chi connectivity index (χ1v) is 8.32. The molecule has 0 aliphatic heterocycles. The van der Waals surface area contributed by atoms with Gasteiger partial charge in [-0.15, -0.1) is 0 Å². The average molecular weight is 406 g/mol. The Labute approximate surface area is 161 Å². The highest BCUT2D eigenvalue weighted by atomic mass is 32.1. The summed E-state index contributed by atoms with van der Waals surface area (Å²) in [5, 5.41) is 2.63. The highest BCUT2D eigenvalue weighted by Crippen LogP contribution is 2.32.